The van der Waals surface area contributed by atoms with Crippen LogP contribution in [-0.2, 0) is 11.3 Å². The minimum absolute atomic E-state index is 0.0829. The van der Waals surface area contributed by atoms with E-state index in [1.807, 2.05) is 4.57 Å². The van der Waals surface area contributed by atoms with E-state index in [2.05, 4.69) is 29.4 Å². The van der Waals surface area contributed by atoms with Gasteiger partial charge >= 0.3 is 0 Å². The Balaban J connectivity index is 1.87. The van der Waals surface area contributed by atoms with Crippen LogP contribution in [0.25, 0.3) is 0 Å². The second-order valence-corrected chi connectivity index (χ2v) is 6.70. The third-order valence-corrected chi connectivity index (χ3v) is 4.68. The third-order valence-electron chi connectivity index (χ3n) is 3.74. The summed E-state index contributed by atoms with van der Waals surface area (Å²) in [6.45, 7) is 4.49. The average Bonchev–Trinajstić information content (AvgIpc) is 2.89. The molecule has 0 unspecified atom stereocenters. The number of amides is 1. The molecule has 0 atom stereocenters. The standard InChI is InChI=1S/C14H25N5OS/c1-10(2)19-12(8-15)17-18-14(19)21-9-13(20)16-11-6-4-3-5-7-11/h10-11H,3-9,15H2,1-2H3,(H,16,20). The van der Waals surface area contributed by atoms with Crippen molar-refractivity contribution in [3.63, 3.8) is 0 Å². The zero-order valence-corrected chi connectivity index (χ0v) is 13.7. The molecule has 7 heteroatoms. The van der Waals surface area contributed by atoms with Crippen LogP contribution >= 0.6 is 11.8 Å². The first-order valence-electron chi connectivity index (χ1n) is 7.67. The van der Waals surface area contributed by atoms with E-state index in [4.69, 9.17) is 5.73 Å². The topological polar surface area (TPSA) is 85.8 Å². The number of hydrogen-bond donors (Lipinski definition) is 2. The summed E-state index contributed by atoms with van der Waals surface area (Å²) in [5.41, 5.74) is 5.67. The number of thioether (sulfide) groups is 1. The van der Waals surface area contributed by atoms with Gasteiger partial charge in [0.25, 0.3) is 0 Å². The fourth-order valence-electron chi connectivity index (χ4n) is 2.71. The summed E-state index contributed by atoms with van der Waals surface area (Å²) in [7, 11) is 0. The molecule has 6 nitrogen and oxygen atoms in total. The lowest BCUT2D eigenvalue weighted by Crippen LogP contribution is -2.37. The molecule has 1 amide bonds. The summed E-state index contributed by atoms with van der Waals surface area (Å²) in [4.78, 5) is 12.0. The summed E-state index contributed by atoms with van der Waals surface area (Å²) in [6, 6.07) is 0.594. The highest BCUT2D eigenvalue weighted by Gasteiger charge is 2.18. The molecule has 0 bridgehead atoms. The quantitative estimate of drug-likeness (QED) is 0.783. The minimum Gasteiger partial charge on any atom is -0.353 e. The molecule has 1 aliphatic rings. The zero-order valence-electron chi connectivity index (χ0n) is 12.8. The maximum Gasteiger partial charge on any atom is 0.230 e. The predicted octanol–water partition coefficient (Wildman–Crippen LogP) is 1.86. The van der Waals surface area contributed by atoms with Crippen molar-refractivity contribution < 1.29 is 4.79 Å². The van der Waals surface area contributed by atoms with Crippen LogP contribution in [0, 0.1) is 0 Å². The zero-order chi connectivity index (χ0) is 15.2. The van der Waals surface area contributed by atoms with Gasteiger partial charge in [-0.25, -0.2) is 0 Å². The van der Waals surface area contributed by atoms with Gasteiger partial charge in [0.05, 0.1) is 12.3 Å². The van der Waals surface area contributed by atoms with E-state index in [0.717, 1.165) is 23.8 Å². The molecule has 1 fully saturated rings. The highest BCUT2D eigenvalue weighted by atomic mass is 32.2. The Morgan fingerprint density at radius 3 is 2.71 bits per heavy atom. The fourth-order valence-corrected chi connectivity index (χ4v) is 3.61. The van der Waals surface area contributed by atoms with Crippen LogP contribution in [0.1, 0.15) is 57.8 Å². The number of nitrogens with zero attached hydrogens (tertiary/aromatic N) is 3. The van der Waals surface area contributed by atoms with Crippen LogP contribution in [-0.4, -0.2) is 32.5 Å². The van der Waals surface area contributed by atoms with Crippen molar-refractivity contribution in [1.29, 1.82) is 0 Å². The van der Waals surface area contributed by atoms with Gasteiger partial charge in [0, 0.05) is 12.1 Å². The van der Waals surface area contributed by atoms with E-state index < -0.39 is 0 Å². The van der Waals surface area contributed by atoms with Crippen LogP contribution in [0.2, 0.25) is 0 Å². The molecule has 0 radical (unpaired) electrons. The molecular weight excluding hydrogens is 286 g/mol. The van der Waals surface area contributed by atoms with Crippen LogP contribution in [0.3, 0.4) is 0 Å². The van der Waals surface area contributed by atoms with Gasteiger partial charge in [0.1, 0.15) is 5.82 Å². The second kappa shape index (κ2) is 7.79. The Labute approximate surface area is 130 Å². The van der Waals surface area contributed by atoms with Crippen molar-refractivity contribution in [2.75, 3.05) is 5.75 Å². The minimum atomic E-state index is 0.0829. The number of carbonyl (C=O) groups is 1. The van der Waals surface area contributed by atoms with Crippen molar-refractivity contribution >= 4 is 17.7 Å². The Bertz CT molecular complexity index is 468. The van der Waals surface area contributed by atoms with Crippen molar-refractivity contribution in [2.45, 2.75) is 69.7 Å². The Morgan fingerprint density at radius 2 is 2.10 bits per heavy atom. The van der Waals surface area contributed by atoms with Gasteiger partial charge in [-0.2, -0.15) is 0 Å². The lowest BCUT2D eigenvalue weighted by Gasteiger charge is -2.22. The van der Waals surface area contributed by atoms with Crippen molar-refractivity contribution in [2.24, 2.45) is 5.73 Å². The van der Waals surface area contributed by atoms with Gasteiger partial charge in [0.15, 0.2) is 5.16 Å². The molecule has 1 saturated carbocycles. The molecule has 21 heavy (non-hydrogen) atoms. The average molecular weight is 311 g/mol. The van der Waals surface area contributed by atoms with E-state index in [-0.39, 0.29) is 11.9 Å². The molecular formula is C14H25N5OS. The second-order valence-electron chi connectivity index (χ2n) is 5.76. The molecule has 2 rings (SSSR count). The third kappa shape index (κ3) is 4.44. The molecule has 0 aliphatic heterocycles. The monoisotopic (exact) mass is 311 g/mol. The van der Waals surface area contributed by atoms with Crippen LogP contribution < -0.4 is 11.1 Å². The molecule has 1 aromatic heterocycles. The van der Waals surface area contributed by atoms with Gasteiger partial charge in [-0.15, -0.1) is 10.2 Å². The predicted molar refractivity (Wildman–Crippen MR) is 84.0 cm³/mol. The largest absolute Gasteiger partial charge is 0.353 e. The Morgan fingerprint density at radius 1 is 1.38 bits per heavy atom. The number of nitrogens with one attached hydrogen (secondary N) is 1. The highest BCUT2D eigenvalue weighted by molar-refractivity contribution is 7.99. The van der Waals surface area contributed by atoms with E-state index in [0.29, 0.717) is 18.3 Å². The summed E-state index contributed by atoms with van der Waals surface area (Å²) in [5, 5.41) is 12.1. The molecule has 1 aromatic rings. The van der Waals surface area contributed by atoms with Crippen LogP contribution in [0.15, 0.2) is 5.16 Å². The Kier molecular flexibility index (Phi) is 6.05. The Hall–Kier alpha value is -1.08. The molecule has 3 N–H and O–H groups in total. The molecule has 118 valence electrons. The number of nitrogens with two attached hydrogens (primary N) is 1. The van der Waals surface area contributed by atoms with E-state index in [1.54, 1.807) is 0 Å². The van der Waals surface area contributed by atoms with Gasteiger partial charge in [-0.05, 0) is 26.7 Å². The molecule has 0 saturated heterocycles. The van der Waals surface area contributed by atoms with Crippen molar-refractivity contribution in [3.8, 4) is 0 Å². The van der Waals surface area contributed by atoms with Crippen LogP contribution in [0.5, 0.6) is 0 Å². The summed E-state index contributed by atoms with van der Waals surface area (Å²) in [5.74, 6) is 1.23. The summed E-state index contributed by atoms with van der Waals surface area (Å²) >= 11 is 1.43. The van der Waals surface area contributed by atoms with Crippen molar-refractivity contribution in [3.05, 3.63) is 5.82 Å². The number of aromatic nitrogens is 3. The lowest BCUT2D eigenvalue weighted by atomic mass is 9.95. The molecule has 1 heterocycles. The maximum absolute atomic E-state index is 12.0. The van der Waals surface area contributed by atoms with Gasteiger partial charge in [-0.3, -0.25) is 4.79 Å². The molecule has 0 spiro atoms. The summed E-state index contributed by atoms with van der Waals surface area (Å²) < 4.78 is 2.00. The van der Waals surface area contributed by atoms with Crippen LogP contribution in [0.4, 0.5) is 0 Å². The van der Waals surface area contributed by atoms with Gasteiger partial charge < -0.3 is 15.6 Å². The first kappa shape index (κ1) is 16.3. The maximum atomic E-state index is 12.0. The van der Waals surface area contributed by atoms with E-state index in [1.165, 1.54) is 31.0 Å². The normalized spacial score (nSPS) is 16.4. The molecule has 0 aromatic carbocycles. The first-order chi connectivity index (χ1) is 10.1. The number of rotatable bonds is 6. The van der Waals surface area contributed by atoms with Gasteiger partial charge in [0.2, 0.25) is 5.91 Å². The first-order valence-corrected chi connectivity index (χ1v) is 8.66. The van der Waals surface area contributed by atoms with Gasteiger partial charge in [-0.1, -0.05) is 31.0 Å². The summed E-state index contributed by atoms with van der Waals surface area (Å²) in [6.07, 6.45) is 5.95. The van der Waals surface area contributed by atoms with E-state index >= 15 is 0 Å². The van der Waals surface area contributed by atoms with E-state index in [9.17, 15) is 4.79 Å². The lowest BCUT2D eigenvalue weighted by molar-refractivity contribution is -0.119. The van der Waals surface area contributed by atoms with Crippen molar-refractivity contribution in [1.82, 2.24) is 20.1 Å². The number of carbonyl (C=O) groups excluding carboxylic acids is 1. The number of hydrogen-bond acceptors (Lipinski definition) is 5. The molecule has 1 aliphatic carbocycles. The SMILES string of the molecule is CC(C)n1c(CN)nnc1SCC(=O)NC1CCCCC1. The fraction of sp³-hybridized carbons (Fsp3) is 0.786. The highest BCUT2D eigenvalue weighted by Crippen LogP contribution is 2.22. The smallest absolute Gasteiger partial charge is 0.230 e.